The number of allylic oxidation sites excluding steroid dienone is 2. The van der Waals surface area contributed by atoms with E-state index in [0.29, 0.717) is 11.8 Å². The Bertz CT molecular complexity index is 493. The molecule has 0 N–H and O–H groups in total. The van der Waals surface area contributed by atoms with Gasteiger partial charge in [-0.2, -0.15) is 0 Å². The molecule has 0 unspecified atom stereocenters. The molecule has 5 rings (SSSR count). The fourth-order valence-electron chi connectivity index (χ4n) is 3.13. The summed E-state index contributed by atoms with van der Waals surface area (Å²) in [6, 6.07) is 17.7. The van der Waals surface area contributed by atoms with Gasteiger partial charge in [-0.3, -0.25) is 0 Å². The van der Waals surface area contributed by atoms with Crippen molar-refractivity contribution >= 4 is 0 Å². The maximum atomic E-state index is 2.36. The molecule has 0 heteroatoms. The van der Waals surface area contributed by atoms with E-state index >= 15 is 0 Å². The number of rotatable bonds is 0. The van der Waals surface area contributed by atoms with Crippen molar-refractivity contribution in [2.75, 3.05) is 0 Å². The fourth-order valence-corrected chi connectivity index (χ4v) is 3.13. The summed E-state index contributed by atoms with van der Waals surface area (Å²) in [7, 11) is 0. The van der Waals surface area contributed by atoms with E-state index in [0.717, 1.165) is 0 Å². The van der Waals surface area contributed by atoms with Gasteiger partial charge in [-0.25, -0.2) is 0 Å². The maximum Gasteiger partial charge on any atom is 0.0276 e. The first kappa shape index (κ1) is 8.35. The van der Waals surface area contributed by atoms with E-state index in [1.807, 2.05) is 0 Å². The molecule has 0 atom stereocenters. The minimum Gasteiger partial charge on any atom is -0.0757 e. The lowest BCUT2D eigenvalue weighted by Crippen LogP contribution is -2.20. The predicted molar refractivity (Wildman–Crippen MR) is 65.7 cm³/mol. The third kappa shape index (κ3) is 0.898. The van der Waals surface area contributed by atoms with Crippen LogP contribution in [-0.2, 0) is 0 Å². The number of hydrogen-bond donors (Lipinski definition) is 0. The summed E-state index contributed by atoms with van der Waals surface area (Å²) in [4.78, 5) is 0. The smallest absolute Gasteiger partial charge is 0.0276 e. The van der Waals surface area contributed by atoms with Crippen LogP contribution in [0.15, 0.2) is 60.7 Å². The predicted octanol–water partition coefficient (Wildman–Crippen LogP) is 3.83. The Kier molecular flexibility index (Phi) is 1.49. The van der Waals surface area contributed by atoms with Crippen LogP contribution in [0.3, 0.4) is 0 Å². The second kappa shape index (κ2) is 2.85. The lowest BCUT2D eigenvalue weighted by molar-refractivity contribution is 0.811. The number of benzene rings is 2. The van der Waals surface area contributed by atoms with E-state index in [1.165, 1.54) is 22.3 Å². The minimum absolute atomic E-state index is 0.484. The van der Waals surface area contributed by atoms with Gasteiger partial charge in [-0.05, 0) is 22.3 Å². The molecule has 2 aromatic rings. The van der Waals surface area contributed by atoms with E-state index < -0.39 is 0 Å². The van der Waals surface area contributed by atoms with Crippen molar-refractivity contribution in [2.45, 2.75) is 11.8 Å². The highest BCUT2D eigenvalue weighted by Gasteiger charge is 2.32. The van der Waals surface area contributed by atoms with Crippen LogP contribution in [0, 0.1) is 0 Å². The van der Waals surface area contributed by atoms with E-state index in [9.17, 15) is 0 Å². The third-order valence-electron chi connectivity index (χ3n) is 3.83. The lowest BCUT2D eigenvalue weighted by Gasteiger charge is -2.35. The minimum atomic E-state index is 0.484. The Labute approximate surface area is 95.2 Å². The molecule has 3 aliphatic rings. The average molecular weight is 204 g/mol. The van der Waals surface area contributed by atoms with Crippen LogP contribution in [0.1, 0.15) is 34.1 Å². The van der Waals surface area contributed by atoms with Gasteiger partial charge in [0.1, 0.15) is 0 Å². The quantitative estimate of drug-likeness (QED) is 0.572. The van der Waals surface area contributed by atoms with Crippen LogP contribution >= 0.6 is 0 Å². The molecular formula is C16H12. The first-order chi connectivity index (χ1) is 7.95. The molecule has 0 fully saturated rings. The zero-order valence-corrected chi connectivity index (χ0v) is 8.93. The van der Waals surface area contributed by atoms with Gasteiger partial charge < -0.3 is 0 Å². The van der Waals surface area contributed by atoms with E-state index in [-0.39, 0.29) is 0 Å². The Hall–Kier alpha value is -1.82. The van der Waals surface area contributed by atoms with Crippen molar-refractivity contribution < 1.29 is 0 Å². The molecule has 16 heavy (non-hydrogen) atoms. The van der Waals surface area contributed by atoms with Crippen molar-refractivity contribution in [1.29, 1.82) is 0 Å². The van der Waals surface area contributed by atoms with Crippen LogP contribution in [-0.4, -0.2) is 0 Å². The molecule has 0 radical (unpaired) electrons. The molecule has 3 aliphatic carbocycles. The molecule has 2 aromatic carbocycles. The van der Waals surface area contributed by atoms with Gasteiger partial charge >= 0.3 is 0 Å². The van der Waals surface area contributed by atoms with Crippen molar-refractivity contribution in [3.8, 4) is 0 Å². The standard InChI is InChI=1S/C16H12/c1-2-6-12-11(5-1)15-9-10-16(12)14-8-4-3-7-13(14)15/h1-10,15-16H. The SMILES string of the molecule is C1=CC2c3ccccc3C1c1ccccc12. The molecule has 0 aromatic heterocycles. The van der Waals surface area contributed by atoms with Crippen molar-refractivity contribution in [1.82, 2.24) is 0 Å². The monoisotopic (exact) mass is 204 g/mol. The van der Waals surface area contributed by atoms with Gasteiger partial charge in [0, 0.05) is 11.8 Å². The lowest BCUT2D eigenvalue weighted by atomic mass is 9.68. The Balaban J connectivity index is 2.06. The van der Waals surface area contributed by atoms with Crippen molar-refractivity contribution in [3.63, 3.8) is 0 Å². The average Bonchev–Trinajstić information content (AvgIpc) is 2.40. The normalized spacial score (nSPS) is 24.0. The molecule has 0 spiro atoms. The molecule has 2 bridgehead atoms. The molecule has 0 heterocycles. The largest absolute Gasteiger partial charge is 0.0757 e. The maximum absolute atomic E-state index is 2.36. The highest BCUT2D eigenvalue weighted by atomic mass is 14.4. The Morgan fingerprint density at radius 3 is 1.12 bits per heavy atom. The second-order valence-electron chi connectivity index (χ2n) is 4.60. The highest BCUT2D eigenvalue weighted by Crippen LogP contribution is 2.48. The van der Waals surface area contributed by atoms with Crippen molar-refractivity contribution in [3.05, 3.63) is 82.9 Å². The van der Waals surface area contributed by atoms with Crippen molar-refractivity contribution in [2.24, 2.45) is 0 Å². The summed E-state index contributed by atoms with van der Waals surface area (Å²) >= 11 is 0. The van der Waals surface area contributed by atoms with Gasteiger partial charge in [0.2, 0.25) is 0 Å². The van der Waals surface area contributed by atoms with Gasteiger partial charge in [0.25, 0.3) is 0 Å². The highest BCUT2D eigenvalue weighted by molar-refractivity contribution is 5.59. The zero-order chi connectivity index (χ0) is 10.5. The van der Waals surface area contributed by atoms with Crippen LogP contribution in [0.4, 0.5) is 0 Å². The first-order valence-corrected chi connectivity index (χ1v) is 5.81. The van der Waals surface area contributed by atoms with Gasteiger partial charge in [0.15, 0.2) is 0 Å². The summed E-state index contributed by atoms with van der Waals surface area (Å²) in [6.45, 7) is 0. The van der Waals surface area contributed by atoms with E-state index in [1.54, 1.807) is 0 Å². The molecule has 0 amide bonds. The summed E-state index contributed by atoms with van der Waals surface area (Å²) in [5, 5.41) is 0. The second-order valence-corrected chi connectivity index (χ2v) is 4.60. The summed E-state index contributed by atoms with van der Waals surface area (Å²) in [5.74, 6) is 0.967. The van der Waals surface area contributed by atoms with E-state index in [4.69, 9.17) is 0 Å². The molecular weight excluding hydrogens is 192 g/mol. The van der Waals surface area contributed by atoms with Crippen LogP contribution in [0.25, 0.3) is 0 Å². The molecule has 0 aliphatic heterocycles. The molecule has 0 nitrogen and oxygen atoms in total. The van der Waals surface area contributed by atoms with Crippen LogP contribution in [0.2, 0.25) is 0 Å². The summed E-state index contributed by atoms with van der Waals surface area (Å²) < 4.78 is 0. The zero-order valence-electron chi connectivity index (χ0n) is 8.93. The molecule has 0 saturated carbocycles. The Morgan fingerprint density at radius 2 is 0.812 bits per heavy atom. The number of hydrogen-bond acceptors (Lipinski definition) is 0. The van der Waals surface area contributed by atoms with Gasteiger partial charge in [-0.15, -0.1) is 0 Å². The van der Waals surface area contributed by atoms with Crippen LogP contribution in [0.5, 0.6) is 0 Å². The van der Waals surface area contributed by atoms with E-state index in [2.05, 4.69) is 60.7 Å². The summed E-state index contributed by atoms with van der Waals surface area (Å²) in [5.41, 5.74) is 5.98. The first-order valence-electron chi connectivity index (χ1n) is 5.81. The van der Waals surface area contributed by atoms with Gasteiger partial charge in [0.05, 0.1) is 0 Å². The fraction of sp³-hybridized carbons (Fsp3) is 0.125. The van der Waals surface area contributed by atoms with Gasteiger partial charge in [-0.1, -0.05) is 60.7 Å². The topological polar surface area (TPSA) is 0 Å². The molecule has 0 saturated heterocycles. The van der Waals surface area contributed by atoms with Crippen LogP contribution < -0.4 is 0 Å². The Morgan fingerprint density at radius 1 is 0.500 bits per heavy atom. The summed E-state index contributed by atoms with van der Waals surface area (Å²) in [6.07, 6.45) is 4.71. The molecule has 76 valence electrons. The third-order valence-corrected chi connectivity index (χ3v) is 3.83.